The first kappa shape index (κ1) is 24.0. The molecule has 0 aliphatic rings. The van der Waals surface area contributed by atoms with Crippen LogP contribution in [0.5, 0.6) is 0 Å². The van der Waals surface area contributed by atoms with Crippen molar-refractivity contribution in [2.45, 2.75) is 46.1 Å². The zero-order valence-electron chi connectivity index (χ0n) is 19.9. The highest BCUT2D eigenvalue weighted by Gasteiger charge is 2.50. The maximum Gasteiger partial charge on any atom is 0.177 e. The smallest absolute Gasteiger partial charge is 0.177 e. The fourth-order valence-corrected chi connectivity index (χ4v) is 9.97. The van der Waals surface area contributed by atoms with E-state index in [4.69, 9.17) is 6.58 Å². The number of rotatable bonds is 9. The largest absolute Gasteiger partial charge is 0.386 e. The summed E-state index contributed by atoms with van der Waals surface area (Å²) in [5.41, 5.74) is 0.291. The zero-order valence-corrected chi connectivity index (χ0v) is 20.9. The van der Waals surface area contributed by atoms with Crippen molar-refractivity contribution in [2.75, 3.05) is 0 Å². The summed E-state index contributed by atoms with van der Waals surface area (Å²) < 4.78 is 0. The fraction of sp³-hybridized carbons (Fsp3) is 0.267. The SMILES string of the molecule is C=C(C(O)(CCC=C(C)C)C(C)C)[Si](c1ccccc1)(c1ccccc1)c1ccccc1. The molecular weight excluding hydrogens is 404 g/mol. The van der Waals surface area contributed by atoms with Crippen molar-refractivity contribution >= 4 is 23.6 Å². The van der Waals surface area contributed by atoms with Crippen LogP contribution < -0.4 is 15.6 Å². The molecule has 0 aliphatic carbocycles. The van der Waals surface area contributed by atoms with Crippen LogP contribution in [0.4, 0.5) is 0 Å². The highest BCUT2D eigenvalue weighted by Crippen LogP contribution is 2.35. The van der Waals surface area contributed by atoms with Crippen molar-refractivity contribution < 1.29 is 5.11 Å². The van der Waals surface area contributed by atoms with E-state index in [9.17, 15) is 5.11 Å². The van der Waals surface area contributed by atoms with Crippen LogP contribution in [0.1, 0.15) is 40.5 Å². The molecule has 0 bridgehead atoms. The van der Waals surface area contributed by atoms with E-state index in [0.29, 0.717) is 6.42 Å². The zero-order chi connectivity index (χ0) is 23.2. The van der Waals surface area contributed by atoms with Gasteiger partial charge in [0.2, 0.25) is 0 Å². The molecule has 2 heteroatoms. The van der Waals surface area contributed by atoms with Gasteiger partial charge in [0.1, 0.15) is 0 Å². The number of aliphatic hydroxyl groups is 1. The summed E-state index contributed by atoms with van der Waals surface area (Å²) >= 11 is 0. The molecule has 0 fully saturated rings. The van der Waals surface area contributed by atoms with Crippen LogP contribution >= 0.6 is 0 Å². The number of hydrogen-bond acceptors (Lipinski definition) is 1. The second-order valence-electron chi connectivity index (χ2n) is 9.23. The Bertz CT molecular complexity index is 937. The second kappa shape index (κ2) is 10.3. The lowest BCUT2D eigenvalue weighted by Gasteiger charge is -2.45. The molecule has 0 amide bonds. The third kappa shape index (κ3) is 4.57. The number of benzene rings is 3. The first-order chi connectivity index (χ1) is 15.3. The molecule has 0 radical (unpaired) electrons. The Kier molecular flexibility index (Phi) is 7.71. The van der Waals surface area contributed by atoms with Gasteiger partial charge in [0.05, 0.1) is 5.60 Å². The molecule has 166 valence electrons. The van der Waals surface area contributed by atoms with Crippen LogP contribution in [0, 0.1) is 5.92 Å². The summed E-state index contributed by atoms with van der Waals surface area (Å²) in [7, 11) is -2.77. The fourth-order valence-electron chi connectivity index (χ4n) is 4.78. The van der Waals surface area contributed by atoms with E-state index in [-0.39, 0.29) is 5.92 Å². The summed E-state index contributed by atoms with van der Waals surface area (Å²) in [4.78, 5) is 0. The maximum absolute atomic E-state index is 12.3. The second-order valence-corrected chi connectivity index (χ2v) is 13.1. The lowest BCUT2D eigenvalue weighted by molar-refractivity contribution is 0.0305. The van der Waals surface area contributed by atoms with E-state index < -0.39 is 13.7 Å². The van der Waals surface area contributed by atoms with Crippen molar-refractivity contribution in [3.63, 3.8) is 0 Å². The Balaban J connectivity index is 2.33. The average Bonchev–Trinajstić information content (AvgIpc) is 2.81. The van der Waals surface area contributed by atoms with Crippen LogP contribution in [-0.4, -0.2) is 18.8 Å². The summed E-state index contributed by atoms with van der Waals surface area (Å²) in [5.74, 6) is 0.0450. The minimum Gasteiger partial charge on any atom is -0.386 e. The van der Waals surface area contributed by atoms with Gasteiger partial charge in [-0.2, -0.15) is 0 Å². The van der Waals surface area contributed by atoms with Crippen molar-refractivity contribution in [1.82, 2.24) is 0 Å². The molecule has 0 saturated heterocycles. The van der Waals surface area contributed by atoms with E-state index in [2.05, 4.69) is 125 Å². The summed E-state index contributed by atoms with van der Waals surface area (Å²) in [5, 5.41) is 17.0. The molecule has 3 aromatic carbocycles. The molecule has 0 heterocycles. The molecule has 1 atom stereocenters. The van der Waals surface area contributed by atoms with E-state index in [1.165, 1.54) is 21.1 Å². The van der Waals surface area contributed by atoms with Gasteiger partial charge in [-0.25, -0.2) is 0 Å². The third-order valence-electron chi connectivity index (χ3n) is 6.63. The highest BCUT2D eigenvalue weighted by atomic mass is 28.3. The Morgan fingerprint density at radius 2 is 1.19 bits per heavy atom. The third-order valence-corrected chi connectivity index (χ3v) is 11.6. The Morgan fingerprint density at radius 1 is 0.812 bits per heavy atom. The summed E-state index contributed by atoms with van der Waals surface area (Å²) in [6.45, 7) is 13.2. The highest BCUT2D eigenvalue weighted by molar-refractivity contribution is 7.16. The lowest BCUT2D eigenvalue weighted by Crippen LogP contribution is -2.72. The monoisotopic (exact) mass is 440 g/mol. The minimum absolute atomic E-state index is 0.0450. The van der Waals surface area contributed by atoms with Gasteiger partial charge < -0.3 is 5.11 Å². The van der Waals surface area contributed by atoms with Crippen LogP contribution in [0.25, 0.3) is 0 Å². The van der Waals surface area contributed by atoms with Gasteiger partial charge in [0.15, 0.2) is 8.07 Å². The lowest BCUT2D eigenvalue weighted by atomic mass is 9.85. The summed E-state index contributed by atoms with van der Waals surface area (Å²) in [6.07, 6.45) is 3.71. The minimum atomic E-state index is -2.77. The van der Waals surface area contributed by atoms with Crippen molar-refractivity contribution in [3.8, 4) is 0 Å². The molecule has 1 N–H and O–H groups in total. The molecule has 32 heavy (non-hydrogen) atoms. The Labute approximate surface area is 195 Å². The van der Waals surface area contributed by atoms with E-state index in [0.717, 1.165) is 11.6 Å². The number of allylic oxidation sites excluding steroid dienone is 2. The van der Waals surface area contributed by atoms with Crippen molar-refractivity contribution in [2.24, 2.45) is 5.92 Å². The van der Waals surface area contributed by atoms with Gasteiger partial charge in [-0.05, 0) is 53.4 Å². The molecule has 0 aliphatic heterocycles. The van der Waals surface area contributed by atoms with E-state index >= 15 is 0 Å². The quantitative estimate of drug-likeness (QED) is 0.269. The topological polar surface area (TPSA) is 20.2 Å². The molecular formula is C30H36OSi. The Hall–Kier alpha value is -2.68. The van der Waals surface area contributed by atoms with Crippen LogP contribution in [0.3, 0.4) is 0 Å². The van der Waals surface area contributed by atoms with Crippen LogP contribution in [-0.2, 0) is 0 Å². The molecule has 0 saturated carbocycles. The predicted molar refractivity (Wildman–Crippen MR) is 142 cm³/mol. The van der Waals surface area contributed by atoms with Crippen molar-refractivity contribution in [3.05, 3.63) is 114 Å². The molecule has 1 unspecified atom stereocenters. The maximum atomic E-state index is 12.3. The standard InChI is InChI=1S/C30H36OSi/c1-24(2)16-15-23-30(31,25(3)4)26(5)32(27-17-9-6-10-18-27,28-19-11-7-12-20-28)29-21-13-8-14-22-29/h6-14,16-22,25,31H,5,15,23H2,1-4H3. The first-order valence-corrected chi connectivity index (χ1v) is 13.6. The molecule has 0 spiro atoms. The van der Waals surface area contributed by atoms with Gasteiger partial charge in [0.25, 0.3) is 0 Å². The van der Waals surface area contributed by atoms with Gasteiger partial charge in [-0.1, -0.05) is 123 Å². The predicted octanol–water partition coefficient (Wildman–Crippen LogP) is 5.39. The summed E-state index contributed by atoms with van der Waals surface area (Å²) in [6, 6.07) is 32.1. The van der Waals surface area contributed by atoms with Crippen LogP contribution in [0.2, 0.25) is 0 Å². The molecule has 1 nitrogen and oxygen atoms in total. The van der Waals surface area contributed by atoms with Gasteiger partial charge >= 0.3 is 0 Å². The molecule has 0 aromatic heterocycles. The van der Waals surface area contributed by atoms with Crippen molar-refractivity contribution in [1.29, 1.82) is 0 Å². The molecule has 3 rings (SSSR count). The Morgan fingerprint density at radius 3 is 1.50 bits per heavy atom. The average molecular weight is 441 g/mol. The first-order valence-electron chi connectivity index (χ1n) is 11.6. The number of hydrogen-bond donors (Lipinski definition) is 1. The van der Waals surface area contributed by atoms with Crippen LogP contribution in [0.15, 0.2) is 114 Å². The molecule has 3 aromatic rings. The van der Waals surface area contributed by atoms with Gasteiger partial charge in [-0.15, -0.1) is 0 Å². The normalized spacial score (nSPS) is 13.4. The van der Waals surface area contributed by atoms with E-state index in [1.54, 1.807) is 0 Å². The van der Waals surface area contributed by atoms with Gasteiger partial charge in [-0.3, -0.25) is 0 Å². The van der Waals surface area contributed by atoms with Gasteiger partial charge in [0, 0.05) is 0 Å². The van der Waals surface area contributed by atoms with E-state index in [1.807, 2.05) is 0 Å².